The summed E-state index contributed by atoms with van der Waals surface area (Å²) in [7, 11) is 1.82. The summed E-state index contributed by atoms with van der Waals surface area (Å²) in [4.78, 5) is 29.1. The van der Waals surface area contributed by atoms with Crippen LogP contribution >= 0.6 is 11.6 Å². The van der Waals surface area contributed by atoms with Crippen molar-refractivity contribution in [2.24, 2.45) is 5.92 Å². The molecule has 1 atom stereocenters. The Morgan fingerprint density at radius 1 is 1.07 bits per heavy atom. The Morgan fingerprint density at radius 2 is 1.78 bits per heavy atom. The summed E-state index contributed by atoms with van der Waals surface area (Å²) in [6.07, 6.45) is 2.09. The number of halogens is 1. The van der Waals surface area contributed by atoms with Gasteiger partial charge >= 0.3 is 0 Å². The second kappa shape index (κ2) is 9.05. The smallest absolute Gasteiger partial charge is 0.227 e. The van der Waals surface area contributed by atoms with Gasteiger partial charge in [-0.2, -0.15) is 0 Å². The molecule has 5 heteroatoms. The van der Waals surface area contributed by atoms with Crippen molar-refractivity contribution in [3.05, 3.63) is 70.7 Å². The van der Waals surface area contributed by atoms with Crippen LogP contribution in [0.25, 0.3) is 0 Å². The fraction of sp³-hybridized carbons (Fsp3) is 0.364. The molecule has 1 heterocycles. The third-order valence-electron chi connectivity index (χ3n) is 5.03. The monoisotopic (exact) mass is 384 g/mol. The minimum Gasteiger partial charge on any atom is -0.342 e. The molecule has 2 aromatic rings. The normalized spacial score (nSPS) is 16.8. The van der Waals surface area contributed by atoms with E-state index in [1.54, 1.807) is 4.90 Å². The van der Waals surface area contributed by atoms with Crippen LogP contribution in [0.3, 0.4) is 0 Å². The van der Waals surface area contributed by atoms with Crippen LogP contribution in [0.5, 0.6) is 0 Å². The number of carbonyl (C=O) groups is 2. The quantitative estimate of drug-likeness (QED) is 0.787. The third-order valence-corrected chi connectivity index (χ3v) is 5.28. The van der Waals surface area contributed by atoms with E-state index in [2.05, 4.69) is 0 Å². The standard InChI is InChI=1S/C22H25ClN2O2/c1-24(15-18-9-11-20(23)12-10-18)22(27)19-8-5-13-25(16-19)21(26)14-17-6-3-2-4-7-17/h2-4,6-7,9-12,19H,5,8,13-16H2,1H3. The fourth-order valence-corrected chi connectivity index (χ4v) is 3.67. The summed E-state index contributed by atoms with van der Waals surface area (Å²) in [6, 6.07) is 17.3. The van der Waals surface area contributed by atoms with Crippen molar-refractivity contribution in [2.75, 3.05) is 20.1 Å². The number of nitrogens with zero attached hydrogens (tertiary/aromatic N) is 2. The van der Waals surface area contributed by atoms with Crippen molar-refractivity contribution in [3.8, 4) is 0 Å². The Balaban J connectivity index is 1.57. The number of amides is 2. The van der Waals surface area contributed by atoms with Crippen LogP contribution in [0, 0.1) is 5.92 Å². The molecule has 1 unspecified atom stereocenters. The van der Waals surface area contributed by atoms with E-state index in [0.717, 1.165) is 30.5 Å². The zero-order chi connectivity index (χ0) is 19.2. The highest BCUT2D eigenvalue weighted by atomic mass is 35.5. The molecular weight excluding hydrogens is 360 g/mol. The van der Waals surface area contributed by atoms with E-state index in [1.165, 1.54) is 0 Å². The molecular formula is C22H25ClN2O2. The Kier molecular flexibility index (Phi) is 6.51. The van der Waals surface area contributed by atoms with Crippen LogP contribution < -0.4 is 0 Å². The molecule has 0 aromatic heterocycles. The summed E-state index contributed by atoms with van der Waals surface area (Å²) < 4.78 is 0. The lowest BCUT2D eigenvalue weighted by molar-refractivity contribution is -0.140. The molecule has 3 rings (SSSR count). The van der Waals surface area contributed by atoms with Crippen molar-refractivity contribution >= 4 is 23.4 Å². The molecule has 27 heavy (non-hydrogen) atoms. The third kappa shape index (κ3) is 5.33. The van der Waals surface area contributed by atoms with E-state index >= 15 is 0 Å². The summed E-state index contributed by atoms with van der Waals surface area (Å²) in [5, 5.41) is 0.688. The van der Waals surface area contributed by atoms with Gasteiger partial charge in [-0.05, 0) is 36.1 Å². The van der Waals surface area contributed by atoms with Gasteiger partial charge in [0.25, 0.3) is 0 Å². The molecule has 142 valence electrons. The van der Waals surface area contributed by atoms with E-state index in [9.17, 15) is 9.59 Å². The zero-order valence-electron chi connectivity index (χ0n) is 15.6. The SMILES string of the molecule is CN(Cc1ccc(Cl)cc1)C(=O)C1CCCN(C(=O)Cc2ccccc2)C1. The minimum absolute atomic E-state index is 0.0963. The first-order valence-electron chi connectivity index (χ1n) is 9.34. The highest BCUT2D eigenvalue weighted by Gasteiger charge is 2.30. The first-order valence-corrected chi connectivity index (χ1v) is 9.72. The minimum atomic E-state index is -0.129. The lowest BCUT2D eigenvalue weighted by Gasteiger charge is -2.34. The van der Waals surface area contributed by atoms with Crippen LogP contribution in [0.1, 0.15) is 24.0 Å². The fourth-order valence-electron chi connectivity index (χ4n) is 3.54. The highest BCUT2D eigenvalue weighted by molar-refractivity contribution is 6.30. The molecule has 0 saturated carbocycles. The Morgan fingerprint density at radius 3 is 2.48 bits per heavy atom. The molecule has 4 nitrogen and oxygen atoms in total. The number of hydrogen-bond donors (Lipinski definition) is 0. The lowest BCUT2D eigenvalue weighted by Crippen LogP contribution is -2.46. The molecule has 1 aliphatic heterocycles. The van der Waals surface area contributed by atoms with Crippen LogP contribution in [0.4, 0.5) is 0 Å². The number of likely N-dealkylation sites (tertiary alicyclic amines) is 1. The van der Waals surface area contributed by atoms with Crippen LogP contribution in [-0.4, -0.2) is 41.8 Å². The molecule has 2 aromatic carbocycles. The van der Waals surface area contributed by atoms with Crippen molar-refractivity contribution in [1.82, 2.24) is 9.80 Å². The molecule has 0 spiro atoms. The van der Waals surface area contributed by atoms with Gasteiger partial charge < -0.3 is 9.80 Å². The number of carbonyl (C=O) groups excluding carboxylic acids is 2. The maximum atomic E-state index is 12.9. The Hall–Kier alpha value is -2.33. The van der Waals surface area contributed by atoms with Gasteiger partial charge in [0.15, 0.2) is 0 Å². The summed E-state index contributed by atoms with van der Waals surface area (Å²) in [5.74, 6) is 0.0667. The van der Waals surface area contributed by atoms with E-state index < -0.39 is 0 Å². The average molecular weight is 385 g/mol. The average Bonchev–Trinajstić information content (AvgIpc) is 2.70. The van der Waals surface area contributed by atoms with E-state index in [0.29, 0.717) is 24.5 Å². The number of hydrogen-bond acceptors (Lipinski definition) is 2. The number of benzene rings is 2. The molecule has 1 aliphatic rings. The van der Waals surface area contributed by atoms with Gasteiger partial charge in [-0.15, -0.1) is 0 Å². The maximum absolute atomic E-state index is 12.9. The number of rotatable bonds is 5. The first-order chi connectivity index (χ1) is 13.0. The van der Waals surface area contributed by atoms with Crippen molar-refractivity contribution in [2.45, 2.75) is 25.8 Å². The van der Waals surface area contributed by atoms with Gasteiger partial charge in [0, 0.05) is 31.7 Å². The van der Waals surface area contributed by atoms with Crippen molar-refractivity contribution in [3.63, 3.8) is 0 Å². The Labute approximate surface area is 165 Å². The first kappa shape index (κ1) is 19.4. The van der Waals surface area contributed by atoms with Gasteiger partial charge in [0.05, 0.1) is 12.3 Å². The van der Waals surface area contributed by atoms with Crippen LogP contribution in [-0.2, 0) is 22.6 Å². The van der Waals surface area contributed by atoms with Crippen molar-refractivity contribution in [1.29, 1.82) is 0 Å². The van der Waals surface area contributed by atoms with Crippen molar-refractivity contribution < 1.29 is 9.59 Å². The van der Waals surface area contributed by atoms with Crippen LogP contribution in [0.2, 0.25) is 5.02 Å². The molecule has 0 bridgehead atoms. The predicted octanol–water partition coefficient (Wildman–Crippen LogP) is 3.78. The molecule has 0 N–H and O–H groups in total. The molecule has 0 aliphatic carbocycles. The molecule has 2 amide bonds. The maximum Gasteiger partial charge on any atom is 0.227 e. The molecule has 1 fully saturated rings. The van der Waals surface area contributed by atoms with E-state index in [1.807, 2.05) is 66.5 Å². The second-order valence-electron chi connectivity index (χ2n) is 7.16. The number of piperidine rings is 1. The van der Waals surface area contributed by atoms with Gasteiger partial charge in [-0.3, -0.25) is 9.59 Å². The second-order valence-corrected chi connectivity index (χ2v) is 7.60. The lowest BCUT2D eigenvalue weighted by atomic mass is 9.95. The highest BCUT2D eigenvalue weighted by Crippen LogP contribution is 2.21. The van der Waals surface area contributed by atoms with Crippen LogP contribution in [0.15, 0.2) is 54.6 Å². The summed E-state index contributed by atoms with van der Waals surface area (Å²) >= 11 is 5.92. The molecule has 1 saturated heterocycles. The van der Waals surface area contributed by atoms with E-state index in [4.69, 9.17) is 11.6 Å². The Bertz CT molecular complexity index is 777. The van der Waals surface area contributed by atoms with Gasteiger partial charge in [-0.25, -0.2) is 0 Å². The van der Waals surface area contributed by atoms with Gasteiger partial charge in [0.2, 0.25) is 11.8 Å². The zero-order valence-corrected chi connectivity index (χ0v) is 16.4. The van der Waals surface area contributed by atoms with E-state index in [-0.39, 0.29) is 17.7 Å². The topological polar surface area (TPSA) is 40.6 Å². The molecule has 0 radical (unpaired) electrons. The predicted molar refractivity (Wildman–Crippen MR) is 107 cm³/mol. The van der Waals surface area contributed by atoms with Gasteiger partial charge in [0.1, 0.15) is 0 Å². The largest absolute Gasteiger partial charge is 0.342 e. The summed E-state index contributed by atoms with van der Waals surface area (Å²) in [6.45, 7) is 1.79. The van der Waals surface area contributed by atoms with Gasteiger partial charge in [-0.1, -0.05) is 54.1 Å². The summed E-state index contributed by atoms with van der Waals surface area (Å²) in [5.41, 5.74) is 2.05.